The zero-order valence-electron chi connectivity index (χ0n) is 12.6. The number of sulfonamides is 1. The highest BCUT2D eigenvalue weighted by Crippen LogP contribution is 2.27. The largest absolute Gasteiger partial charge is 0.478 e. The summed E-state index contributed by atoms with van der Waals surface area (Å²) in [7, 11) is -4.09. The number of halogens is 1. The van der Waals surface area contributed by atoms with E-state index >= 15 is 0 Å². The number of rotatable bonds is 7. The lowest BCUT2D eigenvalue weighted by atomic mass is 10.1. The molecule has 0 bridgehead atoms. The van der Waals surface area contributed by atoms with Crippen molar-refractivity contribution in [2.45, 2.75) is 10.9 Å². The predicted octanol–water partition coefficient (Wildman–Crippen LogP) is 2.82. The maximum atomic E-state index is 12.7. The Morgan fingerprint density at radius 3 is 2.71 bits per heavy atom. The molecule has 0 saturated carbocycles. The molecule has 0 radical (unpaired) electrons. The van der Waals surface area contributed by atoms with Gasteiger partial charge in [-0.05, 0) is 24.0 Å². The smallest absolute Gasteiger partial charge is 0.337 e. The molecule has 2 aromatic rings. The van der Waals surface area contributed by atoms with Gasteiger partial charge in [0.15, 0.2) is 0 Å². The highest BCUT2D eigenvalue weighted by atomic mass is 35.5. The number of nitrogens with zero attached hydrogens (tertiary/aromatic N) is 1. The molecule has 1 aromatic carbocycles. The van der Waals surface area contributed by atoms with Crippen molar-refractivity contribution in [1.82, 2.24) is 9.71 Å². The van der Waals surface area contributed by atoms with Gasteiger partial charge in [0.25, 0.3) is 0 Å². The van der Waals surface area contributed by atoms with Gasteiger partial charge in [0, 0.05) is 23.2 Å². The van der Waals surface area contributed by atoms with Crippen molar-refractivity contribution in [1.29, 1.82) is 0 Å². The van der Waals surface area contributed by atoms with Crippen LogP contribution < -0.4 is 4.72 Å². The standard InChI is InChI=1S/C15H15ClN2O4S2/c1-23-9-13(10-4-2-3-5-12(10)16)18-24(21,22)14-8-17-7-6-11(14)15(19)20/h2-8,13,18H,9H2,1H3,(H,19,20). The summed E-state index contributed by atoms with van der Waals surface area (Å²) in [6.45, 7) is 0. The van der Waals surface area contributed by atoms with Gasteiger partial charge < -0.3 is 5.11 Å². The van der Waals surface area contributed by atoms with Gasteiger partial charge in [-0.2, -0.15) is 11.8 Å². The molecule has 0 saturated heterocycles. The van der Waals surface area contributed by atoms with Gasteiger partial charge in [-0.15, -0.1) is 0 Å². The normalized spacial score (nSPS) is 12.8. The number of hydrogen-bond donors (Lipinski definition) is 2. The molecule has 0 fully saturated rings. The van der Waals surface area contributed by atoms with Gasteiger partial charge >= 0.3 is 5.97 Å². The molecular weight excluding hydrogens is 372 g/mol. The number of carbonyl (C=O) groups is 1. The lowest BCUT2D eigenvalue weighted by Gasteiger charge is -2.20. The van der Waals surface area contributed by atoms with Gasteiger partial charge in [-0.1, -0.05) is 29.8 Å². The molecule has 2 rings (SSSR count). The SMILES string of the molecule is CSCC(NS(=O)(=O)c1cnccc1C(=O)O)c1ccccc1Cl. The van der Waals surface area contributed by atoms with Crippen molar-refractivity contribution in [2.24, 2.45) is 0 Å². The predicted molar refractivity (Wildman–Crippen MR) is 94.1 cm³/mol. The first-order chi connectivity index (χ1) is 11.4. The van der Waals surface area contributed by atoms with E-state index < -0.39 is 22.0 Å². The Morgan fingerprint density at radius 1 is 1.38 bits per heavy atom. The van der Waals surface area contributed by atoms with Crippen LogP contribution in [0.25, 0.3) is 0 Å². The Balaban J connectivity index is 2.42. The first-order valence-electron chi connectivity index (χ1n) is 6.80. The molecule has 1 heterocycles. The summed E-state index contributed by atoms with van der Waals surface area (Å²) in [5.74, 6) is -0.900. The van der Waals surface area contributed by atoms with Gasteiger partial charge in [0.2, 0.25) is 10.0 Å². The number of carboxylic acid groups (broad SMARTS) is 1. The van der Waals surface area contributed by atoms with Crippen LogP contribution >= 0.6 is 23.4 Å². The molecule has 0 aliphatic carbocycles. The van der Waals surface area contributed by atoms with Crippen molar-refractivity contribution < 1.29 is 18.3 Å². The van der Waals surface area contributed by atoms with Crippen LogP contribution in [0.4, 0.5) is 0 Å². The molecule has 0 aliphatic heterocycles. The Bertz CT molecular complexity index is 843. The van der Waals surface area contributed by atoms with Gasteiger partial charge in [0.05, 0.1) is 11.6 Å². The van der Waals surface area contributed by atoms with Crippen molar-refractivity contribution in [3.63, 3.8) is 0 Å². The molecule has 0 spiro atoms. The Labute approximate surface area is 149 Å². The van der Waals surface area contributed by atoms with Crippen LogP contribution in [0.2, 0.25) is 5.02 Å². The molecule has 0 aliphatic rings. The summed E-state index contributed by atoms with van der Waals surface area (Å²) in [5, 5.41) is 9.62. The summed E-state index contributed by atoms with van der Waals surface area (Å²) in [6, 6.07) is 7.46. The molecule has 0 amide bonds. The van der Waals surface area contributed by atoms with E-state index in [2.05, 4.69) is 9.71 Å². The zero-order valence-corrected chi connectivity index (χ0v) is 15.0. The Kier molecular flexibility index (Phi) is 6.22. The van der Waals surface area contributed by atoms with Crippen LogP contribution in [0.3, 0.4) is 0 Å². The number of pyridine rings is 1. The fourth-order valence-corrected chi connectivity index (χ4v) is 4.46. The number of benzene rings is 1. The highest BCUT2D eigenvalue weighted by molar-refractivity contribution is 7.98. The van der Waals surface area contributed by atoms with E-state index in [1.165, 1.54) is 18.0 Å². The monoisotopic (exact) mass is 386 g/mol. The Hall–Kier alpha value is -1.61. The van der Waals surface area contributed by atoms with Crippen LogP contribution in [-0.4, -0.2) is 36.5 Å². The van der Waals surface area contributed by atoms with Crippen LogP contribution in [0.1, 0.15) is 22.0 Å². The third-order valence-corrected chi connectivity index (χ3v) is 5.73. The second kappa shape index (κ2) is 7.98. The minimum atomic E-state index is -4.09. The first-order valence-corrected chi connectivity index (χ1v) is 10.1. The van der Waals surface area contributed by atoms with E-state index in [1.807, 2.05) is 6.26 Å². The molecule has 2 N–H and O–H groups in total. The maximum absolute atomic E-state index is 12.7. The quantitative estimate of drug-likeness (QED) is 0.759. The number of aromatic carboxylic acids is 1. The van der Waals surface area contributed by atoms with E-state index in [0.29, 0.717) is 16.3 Å². The zero-order chi connectivity index (χ0) is 17.7. The first kappa shape index (κ1) is 18.7. The average molecular weight is 387 g/mol. The van der Waals surface area contributed by atoms with Gasteiger partial charge in [0.1, 0.15) is 4.90 Å². The summed E-state index contributed by atoms with van der Waals surface area (Å²) in [4.78, 5) is 14.6. The average Bonchev–Trinajstić information content (AvgIpc) is 2.55. The second-order valence-corrected chi connectivity index (χ2v) is 7.83. The molecule has 128 valence electrons. The van der Waals surface area contributed by atoms with Gasteiger partial charge in [-0.3, -0.25) is 4.98 Å². The third-order valence-electron chi connectivity index (χ3n) is 3.22. The molecule has 24 heavy (non-hydrogen) atoms. The summed E-state index contributed by atoms with van der Waals surface area (Å²) in [6.07, 6.45) is 4.09. The van der Waals surface area contributed by atoms with E-state index in [4.69, 9.17) is 11.6 Å². The number of carboxylic acids is 1. The van der Waals surface area contributed by atoms with Crippen molar-refractivity contribution >= 4 is 39.4 Å². The number of aromatic nitrogens is 1. The molecule has 9 heteroatoms. The fraction of sp³-hybridized carbons (Fsp3) is 0.200. The minimum absolute atomic E-state index is 0.334. The molecule has 6 nitrogen and oxygen atoms in total. The van der Waals surface area contributed by atoms with E-state index in [-0.39, 0.29) is 10.5 Å². The summed E-state index contributed by atoms with van der Waals surface area (Å²) >= 11 is 7.60. The highest BCUT2D eigenvalue weighted by Gasteiger charge is 2.27. The summed E-state index contributed by atoms with van der Waals surface area (Å²) in [5.41, 5.74) is 0.289. The van der Waals surface area contributed by atoms with Crippen LogP contribution in [0.5, 0.6) is 0 Å². The number of nitrogens with one attached hydrogen (secondary N) is 1. The second-order valence-electron chi connectivity index (χ2n) is 4.83. The van der Waals surface area contributed by atoms with E-state index in [0.717, 1.165) is 12.3 Å². The van der Waals surface area contributed by atoms with Crippen molar-refractivity contribution in [2.75, 3.05) is 12.0 Å². The van der Waals surface area contributed by atoms with E-state index in [1.54, 1.807) is 24.3 Å². The van der Waals surface area contributed by atoms with Crippen LogP contribution in [0.15, 0.2) is 47.6 Å². The topological polar surface area (TPSA) is 96.4 Å². The minimum Gasteiger partial charge on any atom is -0.478 e. The molecule has 1 atom stereocenters. The third kappa shape index (κ3) is 4.27. The van der Waals surface area contributed by atoms with Crippen molar-refractivity contribution in [3.8, 4) is 0 Å². The van der Waals surface area contributed by atoms with Crippen LogP contribution in [0, 0.1) is 0 Å². The molecule has 1 unspecified atom stereocenters. The van der Waals surface area contributed by atoms with E-state index in [9.17, 15) is 18.3 Å². The van der Waals surface area contributed by atoms with Crippen molar-refractivity contribution in [3.05, 3.63) is 58.9 Å². The lowest BCUT2D eigenvalue weighted by Crippen LogP contribution is -2.31. The molecular formula is C15H15ClN2O4S2. The lowest BCUT2D eigenvalue weighted by molar-refractivity contribution is 0.0692. The maximum Gasteiger partial charge on any atom is 0.337 e. The summed E-state index contributed by atoms with van der Waals surface area (Å²) < 4.78 is 27.8. The van der Waals surface area contributed by atoms with Gasteiger partial charge in [-0.25, -0.2) is 17.9 Å². The number of thioether (sulfide) groups is 1. The number of hydrogen-bond acceptors (Lipinski definition) is 5. The van der Waals surface area contributed by atoms with Crippen LogP contribution in [-0.2, 0) is 10.0 Å². The fourth-order valence-electron chi connectivity index (χ4n) is 2.13. The Morgan fingerprint density at radius 2 is 2.08 bits per heavy atom. The molecule has 1 aromatic heterocycles.